The van der Waals surface area contributed by atoms with Crippen LogP contribution in [0.3, 0.4) is 0 Å². The molecule has 0 bridgehead atoms. The van der Waals surface area contributed by atoms with Crippen molar-refractivity contribution in [1.29, 1.82) is 0 Å². The summed E-state index contributed by atoms with van der Waals surface area (Å²) in [6.45, 7) is 2.14. The molecule has 0 saturated heterocycles. The second-order valence-electron chi connectivity index (χ2n) is 3.81. The second-order valence-corrected chi connectivity index (χ2v) is 4.95. The predicted octanol–water partition coefficient (Wildman–Crippen LogP) is 3.30. The molecule has 0 aliphatic rings. The monoisotopic (exact) mass is 239 g/mol. The maximum Gasteiger partial charge on any atom is 0.132 e. The summed E-state index contributed by atoms with van der Waals surface area (Å²) in [5.41, 5.74) is 5.87. The van der Waals surface area contributed by atoms with Gasteiger partial charge in [-0.25, -0.2) is 0 Å². The van der Waals surface area contributed by atoms with Crippen molar-refractivity contribution in [2.75, 3.05) is 12.9 Å². The van der Waals surface area contributed by atoms with E-state index in [0.717, 1.165) is 30.8 Å². The Kier molecular flexibility index (Phi) is 6.34. The fourth-order valence-electron chi connectivity index (χ4n) is 1.47. The van der Waals surface area contributed by atoms with Crippen molar-refractivity contribution in [2.45, 2.75) is 37.1 Å². The molecule has 2 nitrogen and oxygen atoms in total. The third kappa shape index (κ3) is 4.45. The van der Waals surface area contributed by atoms with E-state index in [1.807, 2.05) is 30.0 Å². The molecule has 1 rings (SSSR count). The molecule has 0 fully saturated rings. The Hall–Kier alpha value is -0.670. The van der Waals surface area contributed by atoms with Crippen molar-refractivity contribution in [3.63, 3.8) is 0 Å². The first-order valence-corrected chi connectivity index (χ1v) is 6.78. The maximum absolute atomic E-state index is 5.87. The van der Waals surface area contributed by atoms with Gasteiger partial charge in [-0.15, -0.1) is 11.8 Å². The van der Waals surface area contributed by atoms with E-state index in [0.29, 0.717) is 6.04 Å². The number of nitrogens with two attached hydrogens (primary N) is 1. The number of hydrogen-bond donors (Lipinski definition) is 1. The Morgan fingerprint density at radius 3 is 2.81 bits per heavy atom. The van der Waals surface area contributed by atoms with Crippen LogP contribution in [0.1, 0.15) is 26.2 Å². The van der Waals surface area contributed by atoms with Crippen molar-refractivity contribution in [3.05, 3.63) is 24.3 Å². The van der Waals surface area contributed by atoms with Crippen LogP contribution in [0.15, 0.2) is 29.2 Å². The first-order valence-electron chi connectivity index (χ1n) is 5.79. The molecule has 0 heterocycles. The molecule has 1 atom stereocenters. The summed E-state index contributed by atoms with van der Waals surface area (Å²) < 4.78 is 5.30. The third-order valence-electron chi connectivity index (χ3n) is 2.57. The highest BCUT2D eigenvalue weighted by molar-refractivity contribution is 7.99. The smallest absolute Gasteiger partial charge is 0.132 e. The molecule has 3 heteroatoms. The number of para-hydroxylation sites is 1. The van der Waals surface area contributed by atoms with Crippen LogP contribution in [0.4, 0.5) is 0 Å². The fraction of sp³-hybridized carbons (Fsp3) is 0.538. The van der Waals surface area contributed by atoms with Gasteiger partial charge in [-0.2, -0.15) is 0 Å². The van der Waals surface area contributed by atoms with Gasteiger partial charge in [0.2, 0.25) is 0 Å². The van der Waals surface area contributed by atoms with E-state index in [9.17, 15) is 0 Å². The predicted molar refractivity (Wildman–Crippen MR) is 71.2 cm³/mol. The quantitative estimate of drug-likeness (QED) is 0.585. The molecule has 0 aromatic heterocycles. The molecule has 0 aliphatic carbocycles. The maximum atomic E-state index is 5.87. The number of rotatable bonds is 7. The van der Waals surface area contributed by atoms with Crippen molar-refractivity contribution < 1.29 is 4.74 Å². The molecule has 0 radical (unpaired) electrons. The van der Waals surface area contributed by atoms with Crippen LogP contribution in [0.2, 0.25) is 0 Å². The van der Waals surface area contributed by atoms with Crippen LogP contribution < -0.4 is 10.5 Å². The SMILES string of the molecule is CCC(N)CCCSc1ccccc1OC. The molecule has 2 N–H and O–H groups in total. The lowest BCUT2D eigenvalue weighted by molar-refractivity contribution is 0.405. The van der Waals surface area contributed by atoms with Gasteiger partial charge in [-0.3, -0.25) is 0 Å². The van der Waals surface area contributed by atoms with Gasteiger partial charge in [0, 0.05) is 10.9 Å². The molecule has 1 aromatic carbocycles. The highest BCUT2D eigenvalue weighted by Gasteiger charge is 2.03. The average molecular weight is 239 g/mol. The minimum absolute atomic E-state index is 0.360. The van der Waals surface area contributed by atoms with Gasteiger partial charge in [0.15, 0.2) is 0 Å². The second kappa shape index (κ2) is 7.58. The van der Waals surface area contributed by atoms with Crippen molar-refractivity contribution in [1.82, 2.24) is 0 Å². The summed E-state index contributed by atoms with van der Waals surface area (Å²) >= 11 is 1.84. The van der Waals surface area contributed by atoms with Crippen LogP contribution in [-0.4, -0.2) is 18.9 Å². The average Bonchev–Trinajstić information content (AvgIpc) is 2.34. The molecule has 16 heavy (non-hydrogen) atoms. The minimum atomic E-state index is 0.360. The van der Waals surface area contributed by atoms with Gasteiger partial charge in [-0.05, 0) is 37.1 Å². The number of thioether (sulfide) groups is 1. The number of hydrogen-bond acceptors (Lipinski definition) is 3. The molecule has 0 amide bonds. The van der Waals surface area contributed by atoms with Gasteiger partial charge in [0.25, 0.3) is 0 Å². The zero-order chi connectivity index (χ0) is 11.8. The van der Waals surface area contributed by atoms with E-state index in [2.05, 4.69) is 13.0 Å². The summed E-state index contributed by atoms with van der Waals surface area (Å²) in [4.78, 5) is 1.22. The molecular weight excluding hydrogens is 218 g/mol. The Morgan fingerprint density at radius 1 is 1.38 bits per heavy atom. The number of methoxy groups -OCH3 is 1. The van der Waals surface area contributed by atoms with Crippen LogP contribution in [-0.2, 0) is 0 Å². The van der Waals surface area contributed by atoms with Gasteiger partial charge in [-0.1, -0.05) is 19.1 Å². The number of benzene rings is 1. The zero-order valence-electron chi connectivity index (χ0n) is 10.1. The van der Waals surface area contributed by atoms with Gasteiger partial charge < -0.3 is 10.5 Å². The fourth-order valence-corrected chi connectivity index (χ4v) is 2.47. The van der Waals surface area contributed by atoms with E-state index < -0.39 is 0 Å². The summed E-state index contributed by atoms with van der Waals surface area (Å²) in [7, 11) is 1.71. The largest absolute Gasteiger partial charge is 0.496 e. The van der Waals surface area contributed by atoms with Gasteiger partial charge in [0.1, 0.15) is 5.75 Å². The van der Waals surface area contributed by atoms with Gasteiger partial charge >= 0.3 is 0 Å². The Balaban J connectivity index is 2.31. The molecule has 0 saturated carbocycles. The zero-order valence-corrected chi connectivity index (χ0v) is 10.9. The highest BCUT2D eigenvalue weighted by Crippen LogP contribution is 2.29. The lowest BCUT2D eigenvalue weighted by atomic mass is 10.1. The Morgan fingerprint density at radius 2 is 2.12 bits per heavy atom. The summed E-state index contributed by atoms with van der Waals surface area (Å²) in [6, 6.07) is 8.50. The van der Waals surface area contributed by atoms with E-state index in [1.165, 1.54) is 4.90 Å². The van der Waals surface area contributed by atoms with Crippen molar-refractivity contribution in [2.24, 2.45) is 5.73 Å². The molecular formula is C13H21NOS. The molecule has 90 valence electrons. The first kappa shape index (κ1) is 13.4. The lowest BCUT2D eigenvalue weighted by Gasteiger charge is -2.09. The van der Waals surface area contributed by atoms with Gasteiger partial charge in [0.05, 0.1) is 7.11 Å². The van der Waals surface area contributed by atoms with Crippen LogP contribution in [0, 0.1) is 0 Å². The van der Waals surface area contributed by atoms with Crippen LogP contribution in [0.5, 0.6) is 5.75 Å². The molecule has 0 spiro atoms. The van der Waals surface area contributed by atoms with Crippen LogP contribution in [0.25, 0.3) is 0 Å². The van der Waals surface area contributed by atoms with Crippen molar-refractivity contribution in [3.8, 4) is 5.75 Å². The van der Waals surface area contributed by atoms with E-state index in [1.54, 1.807) is 7.11 Å². The van der Waals surface area contributed by atoms with Crippen molar-refractivity contribution >= 4 is 11.8 Å². The lowest BCUT2D eigenvalue weighted by Crippen LogP contribution is -2.18. The third-order valence-corrected chi connectivity index (χ3v) is 3.71. The minimum Gasteiger partial charge on any atom is -0.496 e. The molecule has 0 aliphatic heterocycles. The number of ether oxygens (including phenoxy) is 1. The van der Waals surface area contributed by atoms with E-state index >= 15 is 0 Å². The van der Waals surface area contributed by atoms with E-state index in [4.69, 9.17) is 10.5 Å². The summed E-state index contributed by atoms with van der Waals surface area (Å²) in [5.74, 6) is 2.07. The van der Waals surface area contributed by atoms with Crippen LogP contribution >= 0.6 is 11.8 Å². The normalized spacial score (nSPS) is 12.4. The topological polar surface area (TPSA) is 35.2 Å². The Bertz CT molecular complexity index is 304. The van der Waals surface area contributed by atoms with E-state index in [-0.39, 0.29) is 0 Å². The molecule has 1 unspecified atom stereocenters. The highest BCUT2D eigenvalue weighted by atomic mass is 32.2. The molecule has 1 aromatic rings. The first-order chi connectivity index (χ1) is 7.77. The Labute approximate surface area is 103 Å². The standard InChI is InChI=1S/C13H21NOS/c1-3-11(14)7-6-10-16-13-9-5-4-8-12(13)15-2/h4-5,8-9,11H,3,6-7,10,14H2,1-2H3. The summed E-state index contributed by atoms with van der Waals surface area (Å²) in [5, 5.41) is 0. The summed E-state index contributed by atoms with van der Waals surface area (Å²) in [6.07, 6.45) is 3.34.